The van der Waals surface area contributed by atoms with Crippen LogP contribution in [0.4, 0.5) is 0 Å². The monoisotopic (exact) mass is 321 g/mol. The fourth-order valence-corrected chi connectivity index (χ4v) is 2.48. The van der Waals surface area contributed by atoms with Gasteiger partial charge in [0.05, 0.1) is 0 Å². The molecule has 3 rings (SSSR count). The van der Waals surface area contributed by atoms with Crippen LogP contribution in [0.2, 0.25) is 0 Å². The number of aryl methyl sites for hydroxylation is 1. The molecule has 2 aromatic heterocycles. The Balaban J connectivity index is 1.52. The number of rotatable bonds is 6. The van der Waals surface area contributed by atoms with E-state index in [4.69, 9.17) is 4.52 Å². The van der Waals surface area contributed by atoms with E-state index in [0.717, 1.165) is 29.9 Å². The molecule has 122 valence electrons. The Bertz CT molecular complexity index is 785. The lowest BCUT2D eigenvalue weighted by molar-refractivity contribution is 0.0792. The number of benzene rings is 1. The minimum Gasteiger partial charge on any atom is -0.361 e. The minimum absolute atomic E-state index is 0.0000514. The third-order valence-electron chi connectivity index (χ3n) is 3.82. The summed E-state index contributed by atoms with van der Waals surface area (Å²) in [7, 11) is 1.80. The van der Waals surface area contributed by atoms with Crippen molar-refractivity contribution in [1.29, 1.82) is 0 Å². The van der Waals surface area contributed by atoms with Gasteiger partial charge in [0.25, 0.3) is 5.91 Å². The summed E-state index contributed by atoms with van der Waals surface area (Å²) >= 11 is 0. The van der Waals surface area contributed by atoms with Crippen molar-refractivity contribution in [3.63, 3.8) is 0 Å². The van der Waals surface area contributed by atoms with Gasteiger partial charge in [0, 0.05) is 49.6 Å². The fraction of sp³-hybridized carbons (Fsp3) is 0.211. The number of hydrogen-bond acceptors (Lipinski definition) is 4. The van der Waals surface area contributed by atoms with Crippen molar-refractivity contribution < 1.29 is 9.32 Å². The van der Waals surface area contributed by atoms with Gasteiger partial charge in [0.2, 0.25) is 0 Å². The molecule has 3 aromatic rings. The van der Waals surface area contributed by atoms with Gasteiger partial charge in [-0.15, -0.1) is 0 Å². The lowest BCUT2D eigenvalue weighted by Gasteiger charge is -2.16. The van der Waals surface area contributed by atoms with Crippen molar-refractivity contribution in [3.8, 4) is 11.3 Å². The zero-order valence-corrected chi connectivity index (χ0v) is 13.6. The summed E-state index contributed by atoms with van der Waals surface area (Å²) in [5.41, 5.74) is 2.53. The van der Waals surface area contributed by atoms with Gasteiger partial charge in [-0.2, -0.15) is 0 Å². The molecule has 0 aliphatic rings. The van der Waals surface area contributed by atoms with E-state index in [1.54, 1.807) is 36.5 Å². The largest absolute Gasteiger partial charge is 0.361 e. The molecule has 2 heterocycles. The third kappa shape index (κ3) is 3.87. The molecule has 0 bridgehead atoms. The fourth-order valence-electron chi connectivity index (χ4n) is 2.48. The SMILES string of the molecule is CN(CCCc1cc(-c2ccccc2)no1)C(=O)c1ccncc1. The number of hydrogen-bond donors (Lipinski definition) is 0. The molecule has 0 saturated carbocycles. The first-order chi connectivity index (χ1) is 11.7. The van der Waals surface area contributed by atoms with Gasteiger partial charge < -0.3 is 9.42 Å². The number of amides is 1. The number of nitrogens with zero attached hydrogens (tertiary/aromatic N) is 3. The molecule has 1 amide bonds. The molecule has 0 fully saturated rings. The van der Waals surface area contributed by atoms with Gasteiger partial charge in [-0.25, -0.2) is 0 Å². The quantitative estimate of drug-likeness (QED) is 0.698. The van der Waals surface area contributed by atoms with Crippen LogP contribution in [-0.2, 0) is 6.42 Å². The molecule has 1 aromatic carbocycles. The van der Waals surface area contributed by atoms with Gasteiger partial charge in [-0.1, -0.05) is 35.5 Å². The maximum Gasteiger partial charge on any atom is 0.253 e. The lowest BCUT2D eigenvalue weighted by Crippen LogP contribution is -2.28. The highest BCUT2D eigenvalue weighted by molar-refractivity contribution is 5.93. The predicted octanol–water partition coefficient (Wildman–Crippen LogP) is 3.44. The minimum atomic E-state index is -0.0000514. The number of carbonyl (C=O) groups excluding carboxylic acids is 1. The van der Waals surface area contributed by atoms with Crippen LogP contribution in [0.25, 0.3) is 11.3 Å². The van der Waals surface area contributed by atoms with E-state index in [1.807, 2.05) is 36.4 Å². The Morgan fingerprint density at radius 3 is 2.62 bits per heavy atom. The van der Waals surface area contributed by atoms with Gasteiger partial charge in [0.15, 0.2) is 0 Å². The molecule has 0 N–H and O–H groups in total. The molecule has 0 aliphatic carbocycles. The maximum absolute atomic E-state index is 12.2. The van der Waals surface area contributed by atoms with Crippen LogP contribution in [0.1, 0.15) is 22.5 Å². The smallest absolute Gasteiger partial charge is 0.253 e. The average molecular weight is 321 g/mol. The average Bonchev–Trinajstić information content (AvgIpc) is 3.11. The normalized spacial score (nSPS) is 10.5. The van der Waals surface area contributed by atoms with Crippen LogP contribution in [-0.4, -0.2) is 34.5 Å². The highest BCUT2D eigenvalue weighted by Crippen LogP contribution is 2.19. The summed E-state index contributed by atoms with van der Waals surface area (Å²) in [6.07, 6.45) is 4.81. The maximum atomic E-state index is 12.2. The first-order valence-electron chi connectivity index (χ1n) is 7.90. The standard InChI is InChI=1S/C19H19N3O2/c1-22(19(23)16-9-11-20-12-10-16)13-5-8-17-14-18(21-24-17)15-6-3-2-4-7-15/h2-4,6-7,9-12,14H,5,8,13H2,1H3. The summed E-state index contributed by atoms with van der Waals surface area (Å²) in [5.74, 6) is 0.832. The predicted molar refractivity (Wildman–Crippen MR) is 91.5 cm³/mol. The second kappa shape index (κ2) is 7.55. The van der Waals surface area contributed by atoms with Crippen molar-refractivity contribution in [2.24, 2.45) is 0 Å². The van der Waals surface area contributed by atoms with Crippen molar-refractivity contribution in [2.75, 3.05) is 13.6 Å². The van der Waals surface area contributed by atoms with Crippen LogP contribution in [0.15, 0.2) is 65.4 Å². The van der Waals surface area contributed by atoms with E-state index in [1.165, 1.54) is 0 Å². The first kappa shape index (κ1) is 15.9. The zero-order chi connectivity index (χ0) is 16.8. The van der Waals surface area contributed by atoms with Gasteiger partial charge in [-0.3, -0.25) is 9.78 Å². The molecule has 5 nitrogen and oxygen atoms in total. The summed E-state index contributed by atoms with van der Waals surface area (Å²) < 4.78 is 5.38. The van der Waals surface area contributed by atoms with Crippen molar-refractivity contribution in [3.05, 3.63) is 72.2 Å². The van der Waals surface area contributed by atoms with E-state index >= 15 is 0 Å². The molecule has 0 atom stereocenters. The summed E-state index contributed by atoms with van der Waals surface area (Å²) in [6, 6.07) is 15.3. The second-order valence-electron chi connectivity index (χ2n) is 5.61. The Kier molecular flexibility index (Phi) is 5.01. The van der Waals surface area contributed by atoms with Crippen LogP contribution >= 0.6 is 0 Å². The molecule has 0 radical (unpaired) electrons. The molecule has 24 heavy (non-hydrogen) atoms. The van der Waals surface area contributed by atoms with Crippen LogP contribution in [0.3, 0.4) is 0 Å². The zero-order valence-electron chi connectivity index (χ0n) is 13.6. The van der Waals surface area contributed by atoms with Gasteiger partial charge in [0.1, 0.15) is 11.5 Å². The summed E-state index contributed by atoms with van der Waals surface area (Å²) in [4.78, 5) is 17.9. The van der Waals surface area contributed by atoms with Crippen LogP contribution < -0.4 is 0 Å². The number of pyridine rings is 1. The van der Waals surface area contributed by atoms with Gasteiger partial charge >= 0.3 is 0 Å². The van der Waals surface area contributed by atoms with Gasteiger partial charge in [-0.05, 0) is 18.6 Å². The van der Waals surface area contributed by atoms with Crippen LogP contribution in [0, 0.1) is 0 Å². The van der Waals surface area contributed by atoms with E-state index in [9.17, 15) is 4.79 Å². The van der Waals surface area contributed by atoms with Crippen molar-refractivity contribution in [1.82, 2.24) is 15.0 Å². The van der Waals surface area contributed by atoms with Crippen molar-refractivity contribution in [2.45, 2.75) is 12.8 Å². The number of carbonyl (C=O) groups is 1. The Morgan fingerprint density at radius 1 is 1.12 bits per heavy atom. The van der Waals surface area contributed by atoms with E-state index in [0.29, 0.717) is 12.1 Å². The van der Waals surface area contributed by atoms with Crippen molar-refractivity contribution >= 4 is 5.91 Å². The molecule has 0 unspecified atom stereocenters. The van der Waals surface area contributed by atoms with E-state index in [2.05, 4.69) is 10.1 Å². The molecule has 0 aliphatic heterocycles. The van der Waals surface area contributed by atoms with Crippen LogP contribution in [0.5, 0.6) is 0 Å². The Hall–Kier alpha value is -2.95. The van der Waals surface area contributed by atoms with E-state index < -0.39 is 0 Å². The Labute approximate surface area is 140 Å². The third-order valence-corrected chi connectivity index (χ3v) is 3.82. The first-order valence-corrected chi connectivity index (χ1v) is 7.90. The second-order valence-corrected chi connectivity index (χ2v) is 5.61. The summed E-state index contributed by atoms with van der Waals surface area (Å²) in [5, 5.41) is 4.10. The summed E-state index contributed by atoms with van der Waals surface area (Å²) in [6.45, 7) is 0.655. The molecule has 0 saturated heterocycles. The number of aromatic nitrogens is 2. The molecular weight excluding hydrogens is 302 g/mol. The topological polar surface area (TPSA) is 59.2 Å². The molecule has 0 spiro atoms. The lowest BCUT2D eigenvalue weighted by atomic mass is 10.1. The highest BCUT2D eigenvalue weighted by Gasteiger charge is 2.12. The molecular formula is C19H19N3O2. The Morgan fingerprint density at radius 2 is 1.88 bits per heavy atom. The molecule has 5 heteroatoms. The van der Waals surface area contributed by atoms with E-state index in [-0.39, 0.29) is 5.91 Å². The highest BCUT2D eigenvalue weighted by atomic mass is 16.5.